The van der Waals surface area contributed by atoms with E-state index in [-0.39, 0.29) is 5.79 Å². The van der Waals surface area contributed by atoms with Gasteiger partial charge in [0, 0.05) is 44.9 Å². The molecule has 2 fully saturated rings. The van der Waals surface area contributed by atoms with Gasteiger partial charge in [0.25, 0.3) is 0 Å². The molecule has 1 spiro atoms. The van der Waals surface area contributed by atoms with Crippen LogP contribution in [0.4, 0.5) is 5.95 Å². The lowest BCUT2D eigenvalue weighted by atomic mass is 9.89. The van der Waals surface area contributed by atoms with Crippen LogP contribution in [-0.4, -0.2) is 41.6 Å². The molecule has 1 aliphatic heterocycles. The zero-order valence-corrected chi connectivity index (χ0v) is 11.8. The monoisotopic (exact) mass is 265 g/mol. The highest BCUT2D eigenvalue weighted by atomic mass is 16.7. The van der Waals surface area contributed by atoms with Crippen LogP contribution in [0.25, 0.3) is 0 Å². The molecule has 0 N–H and O–H groups in total. The Morgan fingerprint density at radius 2 is 2.05 bits per heavy atom. The normalized spacial score (nSPS) is 23.1. The second-order valence-corrected chi connectivity index (χ2v) is 5.46. The van der Waals surface area contributed by atoms with Gasteiger partial charge in [-0.2, -0.15) is 0 Å². The number of rotatable bonds is 3. The zero-order chi connectivity index (χ0) is 13.3. The first-order valence-corrected chi connectivity index (χ1v) is 7.26. The van der Waals surface area contributed by atoms with Crippen LogP contribution >= 0.6 is 0 Å². The second kappa shape index (κ2) is 5.13. The summed E-state index contributed by atoms with van der Waals surface area (Å²) in [6.07, 6.45) is 8.12. The third-order valence-corrected chi connectivity index (χ3v) is 4.43. The standard InChI is InChI=1S/C14H23N3O2/c1-3-17-9-8-15-13(17)16(2)12-4-6-14(7-5-12)18-10-11-19-14/h8-9,12H,3-7,10-11H2,1-2H3. The number of hydrogen-bond donors (Lipinski definition) is 0. The average Bonchev–Trinajstić information content (AvgIpc) is 3.08. The van der Waals surface area contributed by atoms with E-state index in [9.17, 15) is 0 Å². The van der Waals surface area contributed by atoms with Gasteiger partial charge in [0.15, 0.2) is 5.79 Å². The summed E-state index contributed by atoms with van der Waals surface area (Å²) in [5.74, 6) is 0.800. The smallest absolute Gasteiger partial charge is 0.205 e. The molecule has 0 aromatic carbocycles. The molecule has 1 saturated carbocycles. The average molecular weight is 265 g/mol. The number of ether oxygens (including phenoxy) is 2. The predicted molar refractivity (Wildman–Crippen MR) is 73.2 cm³/mol. The van der Waals surface area contributed by atoms with Crippen molar-refractivity contribution in [1.29, 1.82) is 0 Å². The van der Waals surface area contributed by atoms with E-state index in [2.05, 4.69) is 28.4 Å². The van der Waals surface area contributed by atoms with Crippen LogP contribution in [0.1, 0.15) is 32.6 Å². The minimum atomic E-state index is -0.266. The molecule has 1 aromatic rings. The lowest BCUT2D eigenvalue weighted by Gasteiger charge is -2.39. The SMILES string of the molecule is CCn1ccnc1N(C)C1CCC2(CC1)OCCO2. The van der Waals surface area contributed by atoms with Gasteiger partial charge >= 0.3 is 0 Å². The van der Waals surface area contributed by atoms with Crippen LogP contribution in [0.3, 0.4) is 0 Å². The highest BCUT2D eigenvalue weighted by molar-refractivity contribution is 5.32. The Kier molecular flexibility index (Phi) is 3.50. The summed E-state index contributed by atoms with van der Waals surface area (Å²) in [6.45, 7) is 4.61. The van der Waals surface area contributed by atoms with Crippen molar-refractivity contribution in [2.75, 3.05) is 25.2 Å². The molecule has 2 heterocycles. The van der Waals surface area contributed by atoms with E-state index in [0.717, 1.165) is 51.4 Å². The molecule has 1 aromatic heterocycles. The summed E-state index contributed by atoms with van der Waals surface area (Å²) in [6, 6.07) is 0.533. The zero-order valence-electron chi connectivity index (χ0n) is 11.8. The third kappa shape index (κ3) is 2.37. The van der Waals surface area contributed by atoms with Gasteiger partial charge in [-0.05, 0) is 19.8 Å². The van der Waals surface area contributed by atoms with Crippen LogP contribution in [0.5, 0.6) is 0 Å². The van der Waals surface area contributed by atoms with Gasteiger partial charge in [-0.25, -0.2) is 4.98 Å². The summed E-state index contributed by atoms with van der Waals surface area (Å²) >= 11 is 0. The number of aryl methyl sites for hydroxylation is 1. The number of hydrogen-bond acceptors (Lipinski definition) is 4. The molecule has 5 heteroatoms. The van der Waals surface area contributed by atoms with Gasteiger partial charge in [-0.3, -0.25) is 0 Å². The molecule has 1 saturated heterocycles. The molecule has 0 atom stereocenters. The summed E-state index contributed by atoms with van der Waals surface area (Å²) in [5.41, 5.74) is 0. The van der Waals surface area contributed by atoms with Gasteiger partial charge in [0.2, 0.25) is 5.95 Å². The molecule has 5 nitrogen and oxygen atoms in total. The van der Waals surface area contributed by atoms with Crippen molar-refractivity contribution in [3.63, 3.8) is 0 Å². The molecule has 0 bridgehead atoms. The topological polar surface area (TPSA) is 39.5 Å². The third-order valence-electron chi connectivity index (χ3n) is 4.43. The largest absolute Gasteiger partial charge is 0.348 e. The highest BCUT2D eigenvalue weighted by Crippen LogP contribution is 2.37. The van der Waals surface area contributed by atoms with Gasteiger partial charge in [0.05, 0.1) is 13.2 Å². The van der Waals surface area contributed by atoms with Crippen LogP contribution in [0, 0.1) is 0 Å². The van der Waals surface area contributed by atoms with Crippen LogP contribution in [0.2, 0.25) is 0 Å². The van der Waals surface area contributed by atoms with E-state index in [1.54, 1.807) is 0 Å². The molecule has 0 radical (unpaired) electrons. The first kappa shape index (κ1) is 12.9. The van der Waals surface area contributed by atoms with E-state index in [1.165, 1.54) is 0 Å². The minimum Gasteiger partial charge on any atom is -0.348 e. The highest BCUT2D eigenvalue weighted by Gasteiger charge is 2.41. The Balaban J connectivity index is 1.64. The summed E-state index contributed by atoms with van der Waals surface area (Å²) in [7, 11) is 2.15. The van der Waals surface area contributed by atoms with Crippen LogP contribution in [-0.2, 0) is 16.0 Å². The summed E-state index contributed by atoms with van der Waals surface area (Å²) in [5, 5.41) is 0. The maximum absolute atomic E-state index is 5.78. The Morgan fingerprint density at radius 3 is 2.68 bits per heavy atom. The minimum absolute atomic E-state index is 0.266. The van der Waals surface area contributed by atoms with Crippen LogP contribution < -0.4 is 4.90 Å². The van der Waals surface area contributed by atoms with Crippen molar-refractivity contribution in [1.82, 2.24) is 9.55 Å². The van der Waals surface area contributed by atoms with Crippen molar-refractivity contribution in [2.24, 2.45) is 0 Å². The first-order valence-electron chi connectivity index (χ1n) is 7.26. The molecule has 3 rings (SSSR count). The maximum Gasteiger partial charge on any atom is 0.205 e. The molecule has 19 heavy (non-hydrogen) atoms. The Morgan fingerprint density at radius 1 is 1.37 bits per heavy atom. The molecule has 106 valence electrons. The van der Waals surface area contributed by atoms with E-state index in [1.807, 2.05) is 12.4 Å². The maximum atomic E-state index is 5.78. The number of imidazole rings is 1. The lowest BCUT2D eigenvalue weighted by Crippen LogP contribution is -2.43. The van der Waals surface area contributed by atoms with Gasteiger partial charge in [-0.15, -0.1) is 0 Å². The first-order chi connectivity index (χ1) is 9.24. The summed E-state index contributed by atoms with van der Waals surface area (Å²) in [4.78, 5) is 6.79. The van der Waals surface area contributed by atoms with Crippen LogP contribution in [0.15, 0.2) is 12.4 Å². The van der Waals surface area contributed by atoms with Crippen molar-refractivity contribution in [3.05, 3.63) is 12.4 Å². The predicted octanol–water partition coefficient (Wildman–Crippen LogP) is 2.02. The number of aromatic nitrogens is 2. The lowest BCUT2D eigenvalue weighted by molar-refractivity contribution is -0.178. The molecular weight excluding hydrogens is 242 g/mol. The molecule has 2 aliphatic rings. The Labute approximate surface area is 114 Å². The fourth-order valence-corrected chi connectivity index (χ4v) is 3.24. The Bertz CT molecular complexity index is 416. The van der Waals surface area contributed by atoms with Crippen molar-refractivity contribution < 1.29 is 9.47 Å². The van der Waals surface area contributed by atoms with E-state index < -0.39 is 0 Å². The van der Waals surface area contributed by atoms with E-state index in [4.69, 9.17) is 9.47 Å². The molecule has 1 aliphatic carbocycles. The Hall–Kier alpha value is -1.07. The van der Waals surface area contributed by atoms with Gasteiger partial charge in [0.1, 0.15) is 0 Å². The van der Waals surface area contributed by atoms with E-state index >= 15 is 0 Å². The fraction of sp³-hybridized carbons (Fsp3) is 0.786. The quantitative estimate of drug-likeness (QED) is 0.838. The van der Waals surface area contributed by atoms with Gasteiger partial charge in [-0.1, -0.05) is 0 Å². The second-order valence-electron chi connectivity index (χ2n) is 5.46. The molecule has 0 amide bonds. The number of anilines is 1. The number of nitrogens with zero attached hydrogens (tertiary/aromatic N) is 3. The van der Waals surface area contributed by atoms with E-state index in [0.29, 0.717) is 6.04 Å². The molecule has 0 unspecified atom stereocenters. The van der Waals surface area contributed by atoms with Crippen molar-refractivity contribution >= 4 is 5.95 Å². The van der Waals surface area contributed by atoms with Gasteiger partial charge < -0.3 is 18.9 Å². The van der Waals surface area contributed by atoms with Crippen molar-refractivity contribution in [2.45, 2.75) is 51.0 Å². The fourth-order valence-electron chi connectivity index (χ4n) is 3.24. The molecular formula is C14H23N3O2. The summed E-state index contributed by atoms with van der Waals surface area (Å²) < 4.78 is 13.8. The van der Waals surface area contributed by atoms with Crippen molar-refractivity contribution in [3.8, 4) is 0 Å².